The van der Waals surface area contributed by atoms with E-state index in [1.54, 1.807) is 6.92 Å². The van der Waals surface area contributed by atoms with Crippen molar-refractivity contribution in [3.05, 3.63) is 126 Å². The number of nitrogens with zero attached hydrogens (tertiary/aromatic N) is 1. The maximum atomic E-state index is 14.1. The van der Waals surface area contributed by atoms with Crippen molar-refractivity contribution in [3.8, 4) is 11.5 Å². The molecule has 1 atom stereocenters. The highest BCUT2D eigenvalue weighted by atomic mass is 16.5. The number of aromatic amines is 1. The maximum absolute atomic E-state index is 14.1. The highest BCUT2D eigenvalue weighted by Crippen LogP contribution is 2.38. The molecule has 8 nitrogen and oxygen atoms in total. The van der Waals surface area contributed by atoms with Crippen molar-refractivity contribution in [2.24, 2.45) is 0 Å². The van der Waals surface area contributed by atoms with Gasteiger partial charge in [-0.2, -0.15) is 0 Å². The van der Waals surface area contributed by atoms with E-state index in [9.17, 15) is 9.59 Å². The van der Waals surface area contributed by atoms with Crippen LogP contribution in [-0.4, -0.2) is 34.1 Å². The normalized spacial score (nSPS) is 15.4. The Morgan fingerprint density at radius 2 is 1.65 bits per heavy atom. The first-order valence-corrected chi connectivity index (χ1v) is 15.9. The van der Waals surface area contributed by atoms with Crippen LogP contribution in [0.1, 0.15) is 55.8 Å². The van der Waals surface area contributed by atoms with Crippen LogP contribution in [0.15, 0.2) is 109 Å². The third-order valence-electron chi connectivity index (χ3n) is 8.95. The Kier molecular flexibility index (Phi) is 9.33. The zero-order valence-corrected chi connectivity index (χ0v) is 26.1. The number of carbonyl (C=O) groups is 2. The minimum atomic E-state index is -1.29. The summed E-state index contributed by atoms with van der Waals surface area (Å²) in [4.78, 5) is 35.4. The van der Waals surface area contributed by atoms with Gasteiger partial charge in [-0.25, -0.2) is 4.79 Å². The van der Waals surface area contributed by atoms with Crippen LogP contribution in [-0.2, 0) is 28.0 Å². The van der Waals surface area contributed by atoms with Gasteiger partial charge in [0, 0.05) is 47.4 Å². The Labute approximate surface area is 269 Å². The van der Waals surface area contributed by atoms with Crippen molar-refractivity contribution in [1.82, 2.24) is 20.6 Å². The fraction of sp³-hybridized carbons (Fsp3) is 0.289. The number of ether oxygens (including phenoxy) is 2. The van der Waals surface area contributed by atoms with Crippen LogP contribution in [0, 0.1) is 0 Å². The van der Waals surface area contributed by atoms with Crippen LogP contribution in [0.25, 0.3) is 10.9 Å². The lowest BCUT2D eigenvalue weighted by molar-refractivity contribution is -0.127. The largest absolute Gasteiger partial charge is 0.457 e. The third-order valence-corrected chi connectivity index (χ3v) is 8.95. The first-order valence-electron chi connectivity index (χ1n) is 15.9. The lowest BCUT2D eigenvalue weighted by Gasteiger charge is -2.38. The SMILES string of the molecule is C[C@@](Cc1c[nH]c2ccccc12)(NC(=O)OCc1cccc(Oc2ccccc2)c1)C(=O)NCC1(c2ccccn2)CCCCC1. The minimum Gasteiger partial charge on any atom is -0.457 e. The molecular weight excluding hydrogens is 576 g/mol. The van der Waals surface area contributed by atoms with Gasteiger partial charge in [0.05, 0.1) is 0 Å². The number of fused-ring (bicyclic) bond motifs is 1. The van der Waals surface area contributed by atoms with Crippen LogP contribution < -0.4 is 15.4 Å². The molecule has 2 heterocycles. The number of rotatable bonds is 11. The monoisotopic (exact) mass is 616 g/mol. The van der Waals surface area contributed by atoms with Crippen LogP contribution in [0.3, 0.4) is 0 Å². The van der Waals surface area contributed by atoms with E-state index >= 15 is 0 Å². The zero-order valence-electron chi connectivity index (χ0n) is 26.1. The third kappa shape index (κ3) is 7.23. The quantitative estimate of drug-likeness (QED) is 0.142. The summed E-state index contributed by atoms with van der Waals surface area (Å²) in [5.41, 5.74) is 2.12. The lowest BCUT2D eigenvalue weighted by atomic mass is 9.71. The number of H-pyrrole nitrogens is 1. The molecule has 1 aliphatic carbocycles. The number of benzene rings is 3. The molecule has 2 aromatic heterocycles. The molecule has 3 N–H and O–H groups in total. The molecule has 0 aliphatic heterocycles. The Bertz CT molecular complexity index is 1770. The second kappa shape index (κ2) is 13.9. The van der Waals surface area contributed by atoms with E-state index in [0.717, 1.165) is 59.2 Å². The van der Waals surface area contributed by atoms with Crippen molar-refractivity contribution in [3.63, 3.8) is 0 Å². The first kappa shape index (κ1) is 30.9. The fourth-order valence-electron chi connectivity index (χ4n) is 6.45. The van der Waals surface area contributed by atoms with E-state index in [0.29, 0.717) is 12.3 Å². The van der Waals surface area contributed by atoms with Gasteiger partial charge in [-0.15, -0.1) is 0 Å². The second-order valence-corrected chi connectivity index (χ2v) is 12.4. The molecule has 236 valence electrons. The minimum absolute atomic E-state index is 0.0192. The Hall–Kier alpha value is -5.11. The maximum Gasteiger partial charge on any atom is 0.408 e. The van der Waals surface area contributed by atoms with Crippen LogP contribution in [0.2, 0.25) is 0 Å². The Morgan fingerprint density at radius 1 is 0.891 bits per heavy atom. The van der Waals surface area contributed by atoms with E-state index in [1.165, 1.54) is 6.42 Å². The number of pyridine rings is 1. The summed E-state index contributed by atoms with van der Waals surface area (Å²) in [6.45, 7) is 2.22. The molecule has 46 heavy (non-hydrogen) atoms. The number of amides is 2. The van der Waals surface area contributed by atoms with E-state index < -0.39 is 11.6 Å². The summed E-state index contributed by atoms with van der Waals surface area (Å²) in [5, 5.41) is 7.16. The van der Waals surface area contributed by atoms with E-state index in [4.69, 9.17) is 9.47 Å². The summed E-state index contributed by atoms with van der Waals surface area (Å²) in [7, 11) is 0. The van der Waals surface area contributed by atoms with Crippen molar-refractivity contribution in [1.29, 1.82) is 0 Å². The molecule has 2 amide bonds. The molecule has 5 aromatic rings. The van der Waals surface area contributed by atoms with Gasteiger partial charge in [0.2, 0.25) is 5.91 Å². The molecule has 1 saturated carbocycles. The van der Waals surface area contributed by atoms with Crippen molar-refractivity contribution < 1.29 is 19.1 Å². The van der Waals surface area contributed by atoms with Crippen molar-refractivity contribution in [2.75, 3.05) is 6.54 Å². The number of para-hydroxylation sites is 2. The number of carbonyl (C=O) groups excluding carboxylic acids is 2. The van der Waals surface area contributed by atoms with Gasteiger partial charge in [-0.3, -0.25) is 9.78 Å². The van der Waals surface area contributed by atoms with Gasteiger partial charge in [-0.05, 0) is 73.4 Å². The number of alkyl carbamates (subject to hydrolysis) is 1. The van der Waals surface area contributed by atoms with E-state index in [-0.39, 0.29) is 24.3 Å². The highest BCUT2D eigenvalue weighted by molar-refractivity contribution is 5.91. The summed E-state index contributed by atoms with van der Waals surface area (Å²) < 4.78 is 11.6. The molecule has 0 spiro atoms. The zero-order chi connectivity index (χ0) is 31.8. The predicted molar refractivity (Wildman–Crippen MR) is 179 cm³/mol. The van der Waals surface area contributed by atoms with Gasteiger partial charge in [0.25, 0.3) is 0 Å². The van der Waals surface area contributed by atoms with E-state index in [1.807, 2.05) is 103 Å². The smallest absolute Gasteiger partial charge is 0.408 e. The van der Waals surface area contributed by atoms with Gasteiger partial charge < -0.3 is 25.1 Å². The molecule has 0 bridgehead atoms. The number of hydrogen-bond donors (Lipinski definition) is 3. The van der Waals surface area contributed by atoms with Gasteiger partial charge >= 0.3 is 6.09 Å². The molecular formula is C38H40N4O4. The lowest BCUT2D eigenvalue weighted by Crippen LogP contribution is -2.59. The Balaban J connectivity index is 1.18. The summed E-state index contributed by atoms with van der Waals surface area (Å²) in [6.07, 6.45) is 8.56. The number of nitrogens with one attached hydrogen (secondary N) is 3. The van der Waals surface area contributed by atoms with Crippen molar-refractivity contribution >= 4 is 22.9 Å². The standard InChI is InChI=1S/C38H40N4O4/c1-37(24-29-25-40-33-18-7-6-17-32(29)33,35(43)41-27-38(20-9-3-10-21-38)34-19-8-11-22-39-34)42-36(44)45-26-28-13-12-16-31(23-28)46-30-14-4-2-5-15-30/h2,4-8,11-19,22-23,25,40H,3,9-10,20-21,24,26-27H2,1H3,(H,41,43)(H,42,44)/t37-/m0/s1. The molecule has 1 aliphatic rings. The molecule has 0 radical (unpaired) electrons. The number of aromatic nitrogens is 2. The summed E-state index contributed by atoms with van der Waals surface area (Å²) in [6, 6.07) is 30.8. The molecule has 0 unspecified atom stereocenters. The molecule has 0 saturated heterocycles. The van der Waals surface area contributed by atoms with Gasteiger partial charge in [0.1, 0.15) is 23.6 Å². The van der Waals surface area contributed by atoms with Gasteiger partial charge in [0.15, 0.2) is 0 Å². The average Bonchev–Trinajstić information content (AvgIpc) is 3.50. The topological polar surface area (TPSA) is 105 Å². The first-order chi connectivity index (χ1) is 22.4. The highest BCUT2D eigenvalue weighted by Gasteiger charge is 2.40. The number of hydrogen-bond acceptors (Lipinski definition) is 5. The average molecular weight is 617 g/mol. The van der Waals surface area contributed by atoms with Crippen LogP contribution in [0.4, 0.5) is 4.79 Å². The van der Waals surface area contributed by atoms with E-state index in [2.05, 4.69) is 26.7 Å². The van der Waals surface area contributed by atoms with Crippen molar-refractivity contribution in [2.45, 2.75) is 63.0 Å². The van der Waals surface area contributed by atoms with Gasteiger partial charge in [-0.1, -0.05) is 73.9 Å². The predicted octanol–water partition coefficient (Wildman–Crippen LogP) is 7.60. The fourth-order valence-corrected chi connectivity index (χ4v) is 6.45. The summed E-state index contributed by atoms with van der Waals surface area (Å²) in [5.74, 6) is 1.09. The molecule has 8 heteroatoms. The molecule has 6 rings (SSSR count). The Morgan fingerprint density at radius 3 is 2.46 bits per heavy atom. The van der Waals surface area contributed by atoms with Crippen LogP contribution in [0.5, 0.6) is 11.5 Å². The second-order valence-electron chi connectivity index (χ2n) is 12.4. The summed E-state index contributed by atoms with van der Waals surface area (Å²) >= 11 is 0. The molecule has 3 aromatic carbocycles. The molecule has 1 fully saturated rings. The van der Waals surface area contributed by atoms with Crippen LogP contribution >= 0.6 is 0 Å².